The number of H-pyrrole nitrogens is 1. The molecule has 8 nitrogen and oxygen atoms in total. The highest BCUT2D eigenvalue weighted by Crippen LogP contribution is 2.27. The molecule has 0 radical (unpaired) electrons. The number of benzene rings is 1. The SMILES string of the molecule is Cc1ccc(S(=O)(=O)Nc2n[nH]c3c2CN(C(=O)OC(C)(C)C)CC3)c(C)c1. The third-order valence-corrected chi connectivity index (χ3v) is 5.94. The summed E-state index contributed by atoms with van der Waals surface area (Å²) in [4.78, 5) is 14.1. The summed E-state index contributed by atoms with van der Waals surface area (Å²) in [6, 6.07) is 5.16. The highest BCUT2D eigenvalue weighted by Gasteiger charge is 2.30. The summed E-state index contributed by atoms with van der Waals surface area (Å²) >= 11 is 0. The van der Waals surface area contributed by atoms with E-state index < -0.39 is 21.7 Å². The number of aryl methyl sites for hydroxylation is 2. The monoisotopic (exact) mass is 406 g/mol. The molecule has 28 heavy (non-hydrogen) atoms. The standard InChI is InChI=1S/C19H26N4O4S/c1-12-6-7-16(13(2)10-12)28(25,26)22-17-14-11-23(9-8-15(14)20-21-17)18(24)27-19(3,4)5/h6-7,10H,8-9,11H2,1-5H3,(H2,20,21,22). The molecule has 9 heteroatoms. The second-order valence-corrected chi connectivity index (χ2v) is 9.71. The molecule has 2 N–H and O–H groups in total. The maximum absolute atomic E-state index is 12.9. The summed E-state index contributed by atoms with van der Waals surface area (Å²) in [6.45, 7) is 9.79. The first kappa shape index (κ1) is 20.2. The smallest absolute Gasteiger partial charge is 0.410 e. The highest BCUT2D eigenvalue weighted by atomic mass is 32.2. The van der Waals surface area contributed by atoms with Crippen LogP contribution >= 0.6 is 0 Å². The number of carbonyl (C=O) groups excluding carboxylic acids is 1. The van der Waals surface area contributed by atoms with Gasteiger partial charge >= 0.3 is 6.09 Å². The second-order valence-electron chi connectivity index (χ2n) is 8.06. The number of rotatable bonds is 3. The number of nitrogens with one attached hydrogen (secondary N) is 2. The van der Waals surface area contributed by atoms with Crippen molar-refractivity contribution >= 4 is 21.9 Å². The Balaban J connectivity index is 1.83. The van der Waals surface area contributed by atoms with Gasteiger partial charge in [-0.05, 0) is 46.2 Å². The number of fused-ring (bicyclic) bond motifs is 1. The van der Waals surface area contributed by atoms with Crippen LogP contribution in [0, 0.1) is 13.8 Å². The molecule has 2 heterocycles. The van der Waals surface area contributed by atoms with Gasteiger partial charge in [0.1, 0.15) is 5.60 Å². The first-order valence-corrected chi connectivity index (χ1v) is 10.6. The van der Waals surface area contributed by atoms with Gasteiger partial charge in [0.2, 0.25) is 0 Å². The van der Waals surface area contributed by atoms with E-state index >= 15 is 0 Å². The molecule has 1 aromatic heterocycles. The van der Waals surface area contributed by atoms with Gasteiger partial charge in [0.15, 0.2) is 5.82 Å². The molecule has 0 saturated carbocycles. The molecular weight excluding hydrogens is 380 g/mol. The minimum absolute atomic E-state index is 0.203. The predicted octanol–water partition coefficient (Wildman–Crippen LogP) is 3.12. The lowest BCUT2D eigenvalue weighted by molar-refractivity contribution is 0.0224. The van der Waals surface area contributed by atoms with Crippen LogP contribution in [0.2, 0.25) is 0 Å². The molecule has 0 bridgehead atoms. The Morgan fingerprint density at radius 1 is 1.29 bits per heavy atom. The van der Waals surface area contributed by atoms with E-state index in [1.165, 1.54) is 0 Å². The largest absolute Gasteiger partial charge is 0.444 e. The number of hydrogen-bond donors (Lipinski definition) is 2. The van der Waals surface area contributed by atoms with Crippen LogP contribution in [0.1, 0.15) is 43.2 Å². The number of nitrogens with zero attached hydrogens (tertiary/aromatic N) is 2. The van der Waals surface area contributed by atoms with E-state index in [1.807, 2.05) is 33.8 Å². The second kappa shape index (κ2) is 7.12. The Kier molecular flexibility index (Phi) is 5.14. The third-order valence-electron chi connectivity index (χ3n) is 4.44. The fourth-order valence-electron chi connectivity index (χ4n) is 3.14. The van der Waals surface area contributed by atoms with Crippen molar-refractivity contribution in [3.05, 3.63) is 40.6 Å². The van der Waals surface area contributed by atoms with E-state index in [1.54, 1.807) is 24.0 Å². The van der Waals surface area contributed by atoms with Crippen molar-refractivity contribution in [1.29, 1.82) is 0 Å². The van der Waals surface area contributed by atoms with Crippen LogP contribution in [-0.2, 0) is 27.7 Å². The highest BCUT2D eigenvalue weighted by molar-refractivity contribution is 7.92. The molecule has 1 amide bonds. The Bertz CT molecular complexity index is 1010. The van der Waals surface area contributed by atoms with Gasteiger partial charge in [-0.2, -0.15) is 5.10 Å². The maximum Gasteiger partial charge on any atom is 0.410 e. The van der Waals surface area contributed by atoms with E-state index in [2.05, 4.69) is 14.9 Å². The Labute approximate surface area is 165 Å². The van der Waals surface area contributed by atoms with Gasteiger partial charge in [-0.1, -0.05) is 17.7 Å². The Morgan fingerprint density at radius 3 is 2.64 bits per heavy atom. The average Bonchev–Trinajstić information content (AvgIpc) is 2.94. The third kappa shape index (κ3) is 4.30. The van der Waals surface area contributed by atoms with E-state index in [4.69, 9.17) is 4.74 Å². The Hall–Kier alpha value is -2.55. The summed E-state index contributed by atoms with van der Waals surface area (Å²) in [5.41, 5.74) is 2.53. The number of anilines is 1. The van der Waals surface area contributed by atoms with Crippen LogP contribution in [0.25, 0.3) is 0 Å². The van der Waals surface area contributed by atoms with Crippen molar-refractivity contribution in [2.75, 3.05) is 11.3 Å². The topological polar surface area (TPSA) is 104 Å². The molecule has 0 fully saturated rings. The molecule has 0 unspecified atom stereocenters. The van der Waals surface area contributed by atoms with Gasteiger partial charge in [0.05, 0.1) is 11.4 Å². The molecule has 3 rings (SSSR count). The lowest BCUT2D eigenvalue weighted by Gasteiger charge is -2.30. The van der Waals surface area contributed by atoms with Gasteiger partial charge in [-0.15, -0.1) is 0 Å². The molecule has 0 atom stereocenters. The minimum atomic E-state index is -3.80. The quantitative estimate of drug-likeness (QED) is 0.815. The molecule has 0 aliphatic carbocycles. The number of aromatic nitrogens is 2. The fourth-order valence-corrected chi connectivity index (χ4v) is 4.41. The van der Waals surface area contributed by atoms with Crippen LogP contribution in [0.4, 0.5) is 10.6 Å². The summed E-state index contributed by atoms with van der Waals surface area (Å²) in [6.07, 6.45) is 0.120. The zero-order valence-electron chi connectivity index (χ0n) is 16.8. The van der Waals surface area contributed by atoms with Crippen LogP contribution in [0.5, 0.6) is 0 Å². The van der Waals surface area contributed by atoms with E-state index in [0.29, 0.717) is 24.1 Å². The van der Waals surface area contributed by atoms with Gasteiger partial charge < -0.3 is 9.64 Å². The fraction of sp³-hybridized carbons (Fsp3) is 0.474. The number of sulfonamides is 1. The molecular formula is C19H26N4O4S. The number of amides is 1. The molecule has 1 aromatic carbocycles. The van der Waals surface area contributed by atoms with E-state index in [0.717, 1.165) is 11.3 Å². The van der Waals surface area contributed by atoms with Crippen LogP contribution in [-0.4, -0.2) is 41.8 Å². The van der Waals surface area contributed by atoms with Crippen molar-refractivity contribution in [3.8, 4) is 0 Å². The predicted molar refractivity (Wildman–Crippen MR) is 106 cm³/mol. The zero-order valence-corrected chi connectivity index (χ0v) is 17.6. The summed E-state index contributed by atoms with van der Waals surface area (Å²) in [7, 11) is -3.80. The van der Waals surface area contributed by atoms with Crippen molar-refractivity contribution < 1.29 is 17.9 Å². The number of aromatic amines is 1. The molecule has 152 valence electrons. The molecule has 0 spiro atoms. The minimum Gasteiger partial charge on any atom is -0.444 e. The lowest BCUT2D eigenvalue weighted by Crippen LogP contribution is -2.40. The van der Waals surface area contributed by atoms with Crippen molar-refractivity contribution in [2.24, 2.45) is 0 Å². The zero-order chi connectivity index (χ0) is 20.7. The molecule has 1 aliphatic heterocycles. The lowest BCUT2D eigenvalue weighted by atomic mass is 10.1. The number of ether oxygens (including phenoxy) is 1. The van der Waals surface area contributed by atoms with Crippen LogP contribution in [0.15, 0.2) is 23.1 Å². The van der Waals surface area contributed by atoms with Crippen molar-refractivity contribution in [2.45, 2.75) is 58.1 Å². The number of hydrogen-bond acceptors (Lipinski definition) is 5. The van der Waals surface area contributed by atoms with Gasteiger partial charge in [-0.25, -0.2) is 13.2 Å². The molecule has 2 aromatic rings. The van der Waals surface area contributed by atoms with Crippen LogP contribution in [0.3, 0.4) is 0 Å². The average molecular weight is 407 g/mol. The summed E-state index contributed by atoms with van der Waals surface area (Å²) < 4.78 is 33.7. The summed E-state index contributed by atoms with van der Waals surface area (Å²) in [5, 5.41) is 7.01. The van der Waals surface area contributed by atoms with Crippen molar-refractivity contribution in [3.63, 3.8) is 0 Å². The van der Waals surface area contributed by atoms with Crippen molar-refractivity contribution in [1.82, 2.24) is 15.1 Å². The van der Waals surface area contributed by atoms with Gasteiger partial charge in [-0.3, -0.25) is 9.82 Å². The normalized spacial score (nSPS) is 14.5. The first-order chi connectivity index (χ1) is 13.0. The van der Waals surface area contributed by atoms with E-state index in [9.17, 15) is 13.2 Å². The summed E-state index contributed by atoms with van der Waals surface area (Å²) in [5.74, 6) is 0.211. The molecule has 1 aliphatic rings. The van der Waals surface area contributed by atoms with E-state index in [-0.39, 0.29) is 17.3 Å². The molecule has 0 saturated heterocycles. The Morgan fingerprint density at radius 2 is 2.00 bits per heavy atom. The van der Waals surface area contributed by atoms with Gasteiger partial charge in [0, 0.05) is 24.2 Å². The van der Waals surface area contributed by atoms with Crippen LogP contribution < -0.4 is 4.72 Å². The van der Waals surface area contributed by atoms with Gasteiger partial charge in [0.25, 0.3) is 10.0 Å². The number of carbonyl (C=O) groups is 1. The maximum atomic E-state index is 12.9. The first-order valence-electron chi connectivity index (χ1n) is 9.10.